The molecule has 23 heavy (non-hydrogen) atoms. The lowest BCUT2D eigenvalue weighted by atomic mass is 10.0. The molecule has 8 heteroatoms. The van der Waals surface area contributed by atoms with E-state index in [0.717, 1.165) is 22.2 Å². The summed E-state index contributed by atoms with van der Waals surface area (Å²) in [5, 5.41) is 4.75. The van der Waals surface area contributed by atoms with Crippen LogP contribution in [0.15, 0.2) is 33.6 Å². The van der Waals surface area contributed by atoms with E-state index >= 15 is 0 Å². The van der Waals surface area contributed by atoms with Crippen LogP contribution in [0.5, 0.6) is 0 Å². The van der Waals surface area contributed by atoms with Gasteiger partial charge < -0.3 is 9.32 Å². The second-order valence-electron chi connectivity index (χ2n) is 5.46. The highest BCUT2D eigenvalue weighted by atomic mass is 79.9. The summed E-state index contributed by atoms with van der Waals surface area (Å²) in [5.41, 5.74) is 2.06. The molecule has 0 spiro atoms. The van der Waals surface area contributed by atoms with Gasteiger partial charge in [-0.25, -0.2) is 9.50 Å². The maximum atomic E-state index is 12.8. The minimum atomic E-state index is -0.141. The third-order valence-corrected chi connectivity index (χ3v) is 4.95. The molecule has 1 aliphatic heterocycles. The van der Waals surface area contributed by atoms with Gasteiger partial charge >= 0.3 is 0 Å². The first-order valence-electron chi connectivity index (χ1n) is 7.12. The Hall–Kier alpha value is -1.86. The second-order valence-corrected chi connectivity index (χ2v) is 6.75. The fourth-order valence-electron chi connectivity index (χ4n) is 2.92. The lowest BCUT2D eigenvalue weighted by Crippen LogP contribution is -2.38. The largest absolute Gasteiger partial charge is 0.466 e. The van der Waals surface area contributed by atoms with E-state index in [4.69, 9.17) is 16.0 Å². The van der Waals surface area contributed by atoms with Crippen LogP contribution in [0.2, 0.25) is 5.02 Å². The molecule has 3 aromatic rings. The normalized spacial score (nSPS) is 17.5. The summed E-state index contributed by atoms with van der Waals surface area (Å²) in [6, 6.07) is 1.53. The van der Waals surface area contributed by atoms with Crippen molar-refractivity contribution in [1.29, 1.82) is 0 Å². The first-order chi connectivity index (χ1) is 11.0. The average molecular weight is 396 g/mol. The number of rotatable bonds is 1. The van der Waals surface area contributed by atoms with E-state index < -0.39 is 0 Å². The zero-order valence-corrected chi connectivity index (χ0v) is 14.5. The predicted octanol–water partition coefficient (Wildman–Crippen LogP) is 3.50. The zero-order valence-electron chi connectivity index (χ0n) is 12.2. The number of furan rings is 1. The van der Waals surface area contributed by atoms with Crippen LogP contribution >= 0.6 is 27.5 Å². The van der Waals surface area contributed by atoms with Crippen LogP contribution < -0.4 is 0 Å². The van der Waals surface area contributed by atoms with Gasteiger partial charge in [-0.1, -0.05) is 11.6 Å². The van der Waals surface area contributed by atoms with Gasteiger partial charge in [0.1, 0.15) is 12.0 Å². The van der Waals surface area contributed by atoms with Crippen molar-refractivity contribution in [3.63, 3.8) is 0 Å². The Kier molecular flexibility index (Phi) is 3.42. The first-order valence-corrected chi connectivity index (χ1v) is 8.29. The fourth-order valence-corrected chi connectivity index (χ4v) is 3.55. The Balaban J connectivity index is 1.68. The van der Waals surface area contributed by atoms with Crippen LogP contribution in [0.3, 0.4) is 0 Å². The number of fused-ring (bicyclic) bond motifs is 2. The summed E-state index contributed by atoms with van der Waals surface area (Å²) in [7, 11) is 0. The Bertz CT molecular complexity index is 919. The van der Waals surface area contributed by atoms with Crippen molar-refractivity contribution >= 4 is 39.1 Å². The van der Waals surface area contributed by atoms with Crippen LogP contribution in [0.4, 0.5) is 0 Å². The summed E-state index contributed by atoms with van der Waals surface area (Å²) in [6.07, 6.45) is 5.58. The summed E-state index contributed by atoms with van der Waals surface area (Å²) in [6.45, 7) is 2.57. The number of nitrogens with zero attached hydrogens (tertiary/aromatic N) is 4. The molecule has 0 saturated carbocycles. The summed E-state index contributed by atoms with van der Waals surface area (Å²) < 4.78 is 8.06. The van der Waals surface area contributed by atoms with Crippen molar-refractivity contribution in [3.8, 4) is 0 Å². The van der Waals surface area contributed by atoms with Crippen molar-refractivity contribution in [2.75, 3.05) is 6.54 Å². The summed E-state index contributed by atoms with van der Waals surface area (Å²) >= 11 is 9.38. The molecule has 0 fully saturated rings. The number of halogens is 2. The quantitative estimate of drug-likeness (QED) is 0.632. The standard InChI is InChI=1S/C15H12BrClN4O2/c1-8-14-10(11(16)7-23-14)2-3-20(8)15(22)12-4-13-18-5-9(17)6-21(13)19-12/h4-8H,2-3H2,1H3. The molecule has 0 N–H and O–H groups in total. The topological polar surface area (TPSA) is 63.6 Å². The molecule has 1 aliphatic rings. The molecular weight excluding hydrogens is 384 g/mol. The Morgan fingerprint density at radius 1 is 1.52 bits per heavy atom. The molecule has 4 rings (SSSR count). The first kappa shape index (κ1) is 14.7. The van der Waals surface area contributed by atoms with Gasteiger partial charge in [-0.05, 0) is 29.3 Å². The third kappa shape index (κ3) is 2.35. The van der Waals surface area contributed by atoms with Crippen LogP contribution in [0.25, 0.3) is 5.65 Å². The van der Waals surface area contributed by atoms with Crippen molar-refractivity contribution < 1.29 is 9.21 Å². The van der Waals surface area contributed by atoms with Gasteiger partial charge in [0.05, 0.1) is 21.7 Å². The molecular formula is C15H12BrClN4O2. The smallest absolute Gasteiger partial charge is 0.275 e. The van der Waals surface area contributed by atoms with E-state index in [0.29, 0.717) is 22.9 Å². The Morgan fingerprint density at radius 3 is 3.17 bits per heavy atom. The second kappa shape index (κ2) is 5.35. The lowest BCUT2D eigenvalue weighted by molar-refractivity contribution is 0.0646. The zero-order chi connectivity index (χ0) is 16.1. The van der Waals surface area contributed by atoms with Crippen molar-refractivity contribution in [3.05, 3.63) is 51.2 Å². The van der Waals surface area contributed by atoms with Gasteiger partial charge in [0, 0.05) is 24.4 Å². The highest BCUT2D eigenvalue weighted by Crippen LogP contribution is 2.35. The molecule has 0 aliphatic carbocycles. The molecule has 1 amide bonds. The molecule has 0 saturated heterocycles. The molecule has 1 unspecified atom stereocenters. The molecule has 0 radical (unpaired) electrons. The number of carbonyl (C=O) groups excluding carboxylic acids is 1. The lowest BCUT2D eigenvalue weighted by Gasteiger charge is -2.31. The van der Waals surface area contributed by atoms with Gasteiger partial charge in [0.15, 0.2) is 11.3 Å². The van der Waals surface area contributed by atoms with Crippen molar-refractivity contribution in [2.24, 2.45) is 0 Å². The van der Waals surface area contributed by atoms with Gasteiger partial charge in [-0.3, -0.25) is 4.79 Å². The number of aromatic nitrogens is 3. The Labute approximate surface area is 145 Å². The van der Waals surface area contributed by atoms with Crippen molar-refractivity contribution in [1.82, 2.24) is 19.5 Å². The van der Waals surface area contributed by atoms with E-state index in [2.05, 4.69) is 26.0 Å². The van der Waals surface area contributed by atoms with Crippen LogP contribution in [-0.4, -0.2) is 31.9 Å². The monoisotopic (exact) mass is 394 g/mol. The predicted molar refractivity (Wildman–Crippen MR) is 87.6 cm³/mol. The highest BCUT2D eigenvalue weighted by molar-refractivity contribution is 9.10. The molecule has 3 aromatic heterocycles. The summed E-state index contributed by atoms with van der Waals surface area (Å²) in [4.78, 5) is 18.7. The maximum Gasteiger partial charge on any atom is 0.275 e. The van der Waals surface area contributed by atoms with E-state index in [1.165, 1.54) is 10.7 Å². The van der Waals surface area contributed by atoms with Crippen LogP contribution in [0, 0.1) is 0 Å². The molecule has 118 valence electrons. The van der Waals surface area contributed by atoms with Crippen LogP contribution in [-0.2, 0) is 6.42 Å². The van der Waals surface area contributed by atoms with E-state index in [1.54, 1.807) is 23.4 Å². The molecule has 0 bridgehead atoms. The minimum absolute atomic E-state index is 0.140. The van der Waals surface area contributed by atoms with Crippen LogP contribution in [0.1, 0.15) is 34.8 Å². The van der Waals surface area contributed by atoms with E-state index in [1.807, 2.05) is 6.92 Å². The van der Waals surface area contributed by atoms with E-state index in [9.17, 15) is 4.79 Å². The van der Waals surface area contributed by atoms with Gasteiger partial charge in [-0.15, -0.1) is 0 Å². The number of hydrogen-bond acceptors (Lipinski definition) is 4. The average Bonchev–Trinajstić information content (AvgIpc) is 3.11. The maximum absolute atomic E-state index is 12.8. The number of hydrogen-bond donors (Lipinski definition) is 0. The minimum Gasteiger partial charge on any atom is -0.466 e. The molecule has 1 atom stereocenters. The SMILES string of the molecule is CC1c2occ(Br)c2CCN1C(=O)c1cc2ncc(Cl)cn2n1. The Morgan fingerprint density at radius 2 is 2.35 bits per heavy atom. The van der Waals surface area contributed by atoms with Gasteiger partial charge in [0.2, 0.25) is 0 Å². The third-order valence-electron chi connectivity index (χ3n) is 4.09. The number of carbonyl (C=O) groups is 1. The fraction of sp³-hybridized carbons (Fsp3) is 0.267. The molecule has 4 heterocycles. The molecule has 0 aromatic carbocycles. The highest BCUT2D eigenvalue weighted by Gasteiger charge is 2.33. The van der Waals surface area contributed by atoms with E-state index in [-0.39, 0.29) is 11.9 Å². The molecule has 6 nitrogen and oxygen atoms in total. The van der Waals surface area contributed by atoms with Gasteiger partial charge in [0.25, 0.3) is 5.91 Å². The van der Waals surface area contributed by atoms with Crippen molar-refractivity contribution in [2.45, 2.75) is 19.4 Å². The van der Waals surface area contributed by atoms with Gasteiger partial charge in [-0.2, -0.15) is 5.10 Å². The summed E-state index contributed by atoms with van der Waals surface area (Å²) in [5.74, 6) is 0.679. The number of amides is 1.